The van der Waals surface area contributed by atoms with Gasteiger partial charge in [0.25, 0.3) is 15.9 Å². The van der Waals surface area contributed by atoms with Gasteiger partial charge in [0.1, 0.15) is 0 Å². The van der Waals surface area contributed by atoms with Crippen molar-refractivity contribution in [1.29, 1.82) is 0 Å². The van der Waals surface area contributed by atoms with Crippen LogP contribution in [0.15, 0.2) is 21.6 Å². The number of rotatable bonds is 6. The predicted molar refractivity (Wildman–Crippen MR) is 80.5 cm³/mol. The van der Waals surface area contributed by atoms with Crippen molar-refractivity contribution in [2.45, 2.75) is 30.8 Å². The van der Waals surface area contributed by atoms with Crippen LogP contribution in [0.5, 0.6) is 0 Å². The summed E-state index contributed by atoms with van der Waals surface area (Å²) in [6.45, 7) is 1.01. The van der Waals surface area contributed by atoms with Gasteiger partial charge in [0.05, 0.1) is 0 Å². The Labute approximate surface area is 134 Å². The summed E-state index contributed by atoms with van der Waals surface area (Å²) >= 11 is 0. The van der Waals surface area contributed by atoms with E-state index >= 15 is 0 Å². The number of nitrogens with zero attached hydrogens (tertiary/aromatic N) is 1. The number of furan rings is 1. The van der Waals surface area contributed by atoms with E-state index < -0.39 is 16.0 Å². The molecule has 23 heavy (non-hydrogen) atoms. The third-order valence-corrected chi connectivity index (χ3v) is 5.18. The number of aliphatic carboxylic acids is 1. The highest BCUT2D eigenvalue weighted by Gasteiger charge is 2.27. The first kappa shape index (κ1) is 17.5. The molecule has 0 aliphatic carbocycles. The Balaban J connectivity index is 2.04. The summed E-state index contributed by atoms with van der Waals surface area (Å²) in [4.78, 5) is 24.6. The minimum absolute atomic E-state index is 0.0299. The molecular formula is C14H20N2O6S. The number of hydrogen-bond donors (Lipinski definition) is 2. The van der Waals surface area contributed by atoms with Gasteiger partial charge in [-0.25, -0.2) is 13.1 Å². The minimum atomic E-state index is -3.72. The lowest BCUT2D eigenvalue weighted by Crippen LogP contribution is -2.39. The quantitative estimate of drug-likeness (QED) is 0.792. The lowest BCUT2D eigenvalue weighted by molar-refractivity contribution is -0.137. The van der Waals surface area contributed by atoms with Crippen LogP contribution >= 0.6 is 0 Å². The van der Waals surface area contributed by atoms with Gasteiger partial charge in [0.15, 0.2) is 5.76 Å². The Bertz CT molecular complexity index is 681. The fraction of sp³-hybridized carbons (Fsp3) is 0.571. The van der Waals surface area contributed by atoms with E-state index in [0.29, 0.717) is 19.5 Å². The van der Waals surface area contributed by atoms with Gasteiger partial charge in [0.2, 0.25) is 5.09 Å². The first-order chi connectivity index (χ1) is 10.8. The molecular weight excluding hydrogens is 324 g/mol. The van der Waals surface area contributed by atoms with Crippen LogP contribution in [0.2, 0.25) is 0 Å². The number of piperidine rings is 1. The summed E-state index contributed by atoms with van der Waals surface area (Å²) in [6.07, 6.45) is 2.28. The van der Waals surface area contributed by atoms with E-state index in [4.69, 9.17) is 9.52 Å². The van der Waals surface area contributed by atoms with Gasteiger partial charge in [-0.1, -0.05) is 0 Å². The first-order valence-electron chi connectivity index (χ1n) is 7.38. The van der Waals surface area contributed by atoms with Crippen LogP contribution < -0.4 is 4.72 Å². The molecule has 1 aliphatic heterocycles. The van der Waals surface area contributed by atoms with Crippen molar-refractivity contribution in [3.8, 4) is 0 Å². The van der Waals surface area contributed by atoms with Crippen molar-refractivity contribution >= 4 is 21.9 Å². The Morgan fingerprint density at radius 3 is 2.83 bits per heavy atom. The fourth-order valence-corrected chi connectivity index (χ4v) is 3.30. The molecule has 1 aromatic rings. The maximum Gasteiger partial charge on any atom is 0.303 e. The van der Waals surface area contributed by atoms with Gasteiger partial charge >= 0.3 is 5.97 Å². The van der Waals surface area contributed by atoms with Crippen molar-refractivity contribution in [2.24, 2.45) is 5.92 Å². The molecule has 2 heterocycles. The molecule has 1 fully saturated rings. The minimum Gasteiger partial charge on any atom is -0.481 e. The number of sulfonamides is 1. The highest BCUT2D eigenvalue weighted by atomic mass is 32.2. The Hall–Kier alpha value is -1.87. The smallest absolute Gasteiger partial charge is 0.303 e. The number of hydrogen-bond acceptors (Lipinski definition) is 5. The van der Waals surface area contributed by atoms with E-state index in [1.165, 1.54) is 19.2 Å². The average Bonchev–Trinajstić information content (AvgIpc) is 3.03. The molecule has 1 saturated heterocycles. The molecule has 1 aromatic heterocycles. The van der Waals surface area contributed by atoms with Gasteiger partial charge < -0.3 is 14.4 Å². The Morgan fingerprint density at radius 2 is 2.17 bits per heavy atom. The van der Waals surface area contributed by atoms with Gasteiger partial charge in [-0.15, -0.1) is 0 Å². The van der Waals surface area contributed by atoms with E-state index in [1.54, 1.807) is 4.90 Å². The van der Waals surface area contributed by atoms with Crippen molar-refractivity contribution in [3.63, 3.8) is 0 Å². The molecule has 2 rings (SSSR count). The molecule has 8 nitrogen and oxygen atoms in total. The second-order valence-electron chi connectivity index (χ2n) is 5.52. The number of likely N-dealkylation sites (tertiary alicyclic amines) is 1. The zero-order valence-electron chi connectivity index (χ0n) is 12.8. The monoisotopic (exact) mass is 344 g/mol. The maximum atomic E-state index is 12.4. The van der Waals surface area contributed by atoms with Crippen LogP contribution in [-0.4, -0.2) is 50.4 Å². The fourth-order valence-electron chi connectivity index (χ4n) is 2.65. The van der Waals surface area contributed by atoms with E-state index in [2.05, 4.69) is 4.72 Å². The highest BCUT2D eigenvalue weighted by Crippen LogP contribution is 2.23. The zero-order chi connectivity index (χ0) is 17.0. The molecule has 0 aromatic carbocycles. The summed E-state index contributed by atoms with van der Waals surface area (Å²) in [6, 6.07) is 2.58. The number of carbonyl (C=O) groups excluding carboxylic acids is 1. The molecule has 2 N–H and O–H groups in total. The van der Waals surface area contributed by atoms with E-state index in [0.717, 1.165) is 12.8 Å². The first-order valence-corrected chi connectivity index (χ1v) is 8.86. The summed E-state index contributed by atoms with van der Waals surface area (Å²) in [5, 5.41) is 8.44. The average molecular weight is 344 g/mol. The normalized spacial score (nSPS) is 18.8. The Kier molecular flexibility index (Phi) is 5.42. The molecule has 0 radical (unpaired) electrons. The van der Waals surface area contributed by atoms with E-state index in [1.807, 2.05) is 0 Å². The Morgan fingerprint density at radius 1 is 1.43 bits per heavy atom. The lowest BCUT2D eigenvalue weighted by atomic mass is 9.93. The summed E-state index contributed by atoms with van der Waals surface area (Å²) in [5.74, 6) is -1.11. The second-order valence-corrected chi connectivity index (χ2v) is 7.34. The molecule has 0 bridgehead atoms. The van der Waals surface area contributed by atoms with Gasteiger partial charge in [-0.05, 0) is 44.4 Å². The SMILES string of the molecule is CNS(=O)(=O)c1ccc(C(=O)N2CCCC(CCC(=O)O)C2)o1. The van der Waals surface area contributed by atoms with Gasteiger partial charge in [-0.2, -0.15) is 0 Å². The summed E-state index contributed by atoms with van der Waals surface area (Å²) in [5.41, 5.74) is 0. The topological polar surface area (TPSA) is 117 Å². The van der Waals surface area contributed by atoms with Crippen LogP contribution in [0.3, 0.4) is 0 Å². The van der Waals surface area contributed by atoms with Crippen LogP contribution in [0, 0.1) is 5.92 Å². The van der Waals surface area contributed by atoms with E-state index in [-0.39, 0.29) is 29.1 Å². The summed E-state index contributed by atoms with van der Waals surface area (Å²) in [7, 11) is -2.46. The molecule has 1 unspecified atom stereocenters. The summed E-state index contributed by atoms with van der Waals surface area (Å²) < 4.78 is 30.5. The maximum absolute atomic E-state index is 12.4. The van der Waals surface area contributed by atoms with E-state index in [9.17, 15) is 18.0 Å². The molecule has 0 saturated carbocycles. The lowest BCUT2D eigenvalue weighted by Gasteiger charge is -2.32. The third kappa shape index (κ3) is 4.32. The van der Waals surface area contributed by atoms with Crippen LogP contribution in [-0.2, 0) is 14.8 Å². The van der Waals surface area contributed by atoms with Crippen LogP contribution in [0.4, 0.5) is 0 Å². The van der Waals surface area contributed by atoms with Crippen molar-refractivity contribution in [1.82, 2.24) is 9.62 Å². The van der Waals surface area contributed by atoms with Crippen molar-refractivity contribution < 1.29 is 27.5 Å². The molecule has 1 amide bonds. The third-order valence-electron chi connectivity index (χ3n) is 3.90. The van der Waals surface area contributed by atoms with Gasteiger partial charge in [0, 0.05) is 19.5 Å². The molecule has 0 spiro atoms. The number of carboxylic acid groups (broad SMARTS) is 1. The standard InChI is InChI=1S/C14H20N2O6S/c1-15-23(20,21)13-7-5-11(22-13)14(19)16-8-2-3-10(9-16)4-6-12(17)18/h5,7,10,15H,2-4,6,8-9H2,1H3,(H,17,18). The number of amides is 1. The van der Waals surface area contributed by atoms with Crippen molar-refractivity contribution in [3.05, 3.63) is 17.9 Å². The number of carbonyl (C=O) groups is 2. The second kappa shape index (κ2) is 7.14. The number of nitrogens with one attached hydrogen (secondary N) is 1. The molecule has 9 heteroatoms. The number of carboxylic acids is 1. The zero-order valence-corrected chi connectivity index (χ0v) is 13.6. The largest absolute Gasteiger partial charge is 0.481 e. The predicted octanol–water partition coefficient (Wildman–Crippen LogP) is 0.905. The molecule has 1 aliphatic rings. The molecule has 1 atom stereocenters. The van der Waals surface area contributed by atoms with Crippen molar-refractivity contribution in [2.75, 3.05) is 20.1 Å². The highest BCUT2D eigenvalue weighted by molar-refractivity contribution is 7.89. The van der Waals surface area contributed by atoms with Crippen LogP contribution in [0.1, 0.15) is 36.2 Å². The van der Waals surface area contributed by atoms with Crippen LogP contribution in [0.25, 0.3) is 0 Å². The molecule has 128 valence electrons. The van der Waals surface area contributed by atoms with Gasteiger partial charge in [-0.3, -0.25) is 9.59 Å².